The summed E-state index contributed by atoms with van der Waals surface area (Å²) < 4.78 is 15.1. The molecule has 30 heavy (non-hydrogen) atoms. The molecule has 0 saturated carbocycles. The van der Waals surface area contributed by atoms with E-state index in [4.69, 9.17) is 0 Å². The molecule has 3 aromatic heterocycles. The predicted octanol–water partition coefficient (Wildman–Crippen LogP) is 3.89. The third-order valence-electron chi connectivity index (χ3n) is 4.85. The van der Waals surface area contributed by atoms with Gasteiger partial charge in [0.15, 0.2) is 0 Å². The molecule has 0 spiro atoms. The van der Waals surface area contributed by atoms with Gasteiger partial charge in [0.1, 0.15) is 17.3 Å². The van der Waals surface area contributed by atoms with Crippen LogP contribution < -0.4 is 4.90 Å². The first-order valence-electron chi connectivity index (χ1n) is 9.44. The highest BCUT2D eigenvalue weighted by molar-refractivity contribution is 6.00. The van der Waals surface area contributed by atoms with Crippen molar-refractivity contribution in [2.75, 3.05) is 11.9 Å². The van der Waals surface area contributed by atoms with Gasteiger partial charge in [-0.2, -0.15) is 5.10 Å². The first kappa shape index (κ1) is 19.4. The van der Waals surface area contributed by atoms with E-state index in [1.807, 2.05) is 30.3 Å². The minimum Gasteiger partial charge on any atom is -0.299 e. The van der Waals surface area contributed by atoms with E-state index >= 15 is 0 Å². The van der Waals surface area contributed by atoms with Crippen molar-refractivity contribution in [2.45, 2.75) is 6.42 Å². The SMILES string of the molecule is CN(C(=O)Cc1ccccn1)c1c(-c2ccncc2)c(-c2ccc(F)cc2)nn1C. The van der Waals surface area contributed by atoms with Crippen LogP contribution in [0, 0.1) is 5.82 Å². The number of hydrogen-bond donors (Lipinski definition) is 0. The number of halogens is 1. The molecule has 4 rings (SSSR count). The zero-order chi connectivity index (χ0) is 21.1. The number of benzene rings is 1. The molecule has 0 aliphatic heterocycles. The number of carbonyl (C=O) groups is 1. The summed E-state index contributed by atoms with van der Waals surface area (Å²) in [6, 6.07) is 15.4. The van der Waals surface area contributed by atoms with Gasteiger partial charge in [-0.05, 0) is 54.1 Å². The van der Waals surface area contributed by atoms with Crippen molar-refractivity contribution in [3.05, 3.63) is 84.7 Å². The normalized spacial score (nSPS) is 10.8. The molecule has 0 bridgehead atoms. The Bertz CT molecular complexity index is 1160. The van der Waals surface area contributed by atoms with E-state index in [-0.39, 0.29) is 18.1 Å². The second-order valence-corrected chi connectivity index (χ2v) is 6.86. The Morgan fingerprint density at radius 3 is 2.40 bits per heavy atom. The van der Waals surface area contributed by atoms with Crippen molar-refractivity contribution in [1.82, 2.24) is 19.7 Å². The van der Waals surface area contributed by atoms with Crippen LogP contribution in [0.15, 0.2) is 73.2 Å². The van der Waals surface area contributed by atoms with Gasteiger partial charge in [-0.3, -0.25) is 24.3 Å². The summed E-state index contributed by atoms with van der Waals surface area (Å²) in [6.07, 6.45) is 5.22. The molecule has 7 heteroatoms. The fourth-order valence-corrected chi connectivity index (χ4v) is 3.39. The summed E-state index contributed by atoms with van der Waals surface area (Å²) in [5, 5.41) is 4.66. The van der Waals surface area contributed by atoms with Crippen molar-refractivity contribution in [3.8, 4) is 22.4 Å². The highest BCUT2D eigenvalue weighted by Crippen LogP contribution is 2.38. The molecule has 0 atom stereocenters. The summed E-state index contributed by atoms with van der Waals surface area (Å²) in [4.78, 5) is 22.9. The lowest BCUT2D eigenvalue weighted by Crippen LogP contribution is -2.30. The topological polar surface area (TPSA) is 63.9 Å². The lowest BCUT2D eigenvalue weighted by Gasteiger charge is -2.19. The van der Waals surface area contributed by atoms with Gasteiger partial charge in [0.25, 0.3) is 0 Å². The number of likely N-dealkylation sites (N-methyl/N-ethyl adjacent to an activating group) is 1. The Labute approximate surface area is 173 Å². The Morgan fingerprint density at radius 1 is 1.00 bits per heavy atom. The molecule has 0 saturated heterocycles. The van der Waals surface area contributed by atoms with Crippen LogP contribution >= 0.6 is 0 Å². The van der Waals surface area contributed by atoms with Crippen molar-refractivity contribution in [3.63, 3.8) is 0 Å². The lowest BCUT2D eigenvalue weighted by atomic mass is 10.0. The Morgan fingerprint density at radius 2 is 1.73 bits per heavy atom. The highest BCUT2D eigenvalue weighted by Gasteiger charge is 2.25. The third kappa shape index (κ3) is 3.82. The lowest BCUT2D eigenvalue weighted by molar-refractivity contribution is -0.117. The van der Waals surface area contributed by atoms with E-state index < -0.39 is 0 Å². The van der Waals surface area contributed by atoms with E-state index in [9.17, 15) is 9.18 Å². The molecule has 0 N–H and O–H groups in total. The van der Waals surface area contributed by atoms with Crippen LogP contribution in [0.5, 0.6) is 0 Å². The molecule has 3 heterocycles. The van der Waals surface area contributed by atoms with Gasteiger partial charge in [0.05, 0.1) is 12.0 Å². The second-order valence-electron chi connectivity index (χ2n) is 6.86. The van der Waals surface area contributed by atoms with Crippen LogP contribution in [-0.4, -0.2) is 32.7 Å². The molecule has 0 fully saturated rings. The van der Waals surface area contributed by atoms with Gasteiger partial charge in [0, 0.05) is 43.9 Å². The molecule has 6 nitrogen and oxygen atoms in total. The van der Waals surface area contributed by atoms with Crippen molar-refractivity contribution in [1.29, 1.82) is 0 Å². The van der Waals surface area contributed by atoms with Crippen LogP contribution in [0.25, 0.3) is 22.4 Å². The molecule has 150 valence electrons. The smallest absolute Gasteiger partial charge is 0.233 e. The van der Waals surface area contributed by atoms with Crippen LogP contribution in [0.3, 0.4) is 0 Å². The molecule has 0 radical (unpaired) electrons. The van der Waals surface area contributed by atoms with E-state index in [1.54, 1.807) is 54.4 Å². The molecular weight excluding hydrogens is 381 g/mol. The standard InChI is InChI=1S/C23H20FN5O/c1-28(20(30)15-19-5-3-4-12-26-19)23-21(16-10-13-25-14-11-16)22(27-29(23)2)17-6-8-18(24)9-7-17/h3-14H,15H2,1-2H3. The molecule has 0 aliphatic carbocycles. The van der Waals surface area contributed by atoms with Crippen LogP contribution in [0.4, 0.5) is 10.2 Å². The van der Waals surface area contributed by atoms with Gasteiger partial charge in [-0.15, -0.1) is 0 Å². The zero-order valence-electron chi connectivity index (χ0n) is 16.7. The second kappa shape index (κ2) is 8.24. The summed E-state index contributed by atoms with van der Waals surface area (Å²) in [5.74, 6) is 0.210. The molecule has 0 aliphatic rings. The number of pyridine rings is 2. The molecule has 1 aromatic carbocycles. The third-order valence-corrected chi connectivity index (χ3v) is 4.85. The van der Waals surface area contributed by atoms with Gasteiger partial charge >= 0.3 is 0 Å². The molecule has 0 unspecified atom stereocenters. The number of rotatable bonds is 5. The summed E-state index contributed by atoms with van der Waals surface area (Å²) in [7, 11) is 3.51. The average molecular weight is 401 g/mol. The van der Waals surface area contributed by atoms with Crippen molar-refractivity contribution < 1.29 is 9.18 Å². The summed E-state index contributed by atoms with van der Waals surface area (Å²) in [6.45, 7) is 0. The molecule has 4 aromatic rings. The largest absolute Gasteiger partial charge is 0.299 e. The van der Waals surface area contributed by atoms with Gasteiger partial charge in [0.2, 0.25) is 5.91 Å². The fraction of sp³-hybridized carbons (Fsp3) is 0.130. The fourth-order valence-electron chi connectivity index (χ4n) is 3.39. The highest BCUT2D eigenvalue weighted by atomic mass is 19.1. The number of carbonyl (C=O) groups excluding carboxylic acids is 1. The molecule has 1 amide bonds. The minimum absolute atomic E-state index is 0.113. The van der Waals surface area contributed by atoms with Gasteiger partial charge < -0.3 is 0 Å². The minimum atomic E-state index is -0.317. The van der Waals surface area contributed by atoms with Crippen molar-refractivity contribution in [2.24, 2.45) is 7.05 Å². The van der Waals surface area contributed by atoms with E-state index in [2.05, 4.69) is 15.1 Å². The summed E-state index contributed by atoms with van der Waals surface area (Å²) >= 11 is 0. The van der Waals surface area contributed by atoms with E-state index in [0.29, 0.717) is 17.2 Å². The number of anilines is 1. The molecular formula is C23H20FN5O. The van der Waals surface area contributed by atoms with Crippen LogP contribution in [0.2, 0.25) is 0 Å². The number of hydrogen-bond acceptors (Lipinski definition) is 4. The quantitative estimate of drug-likeness (QED) is 0.509. The number of aryl methyl sites for hydroxylation is 1. The zero-order valence-corrected chi connectivity index (χ0v) is 16.7. The Balaban J connectivity index is 1.81. The Kier molecular flexibility index (Phi) is 5.34. The van der Waals surface area contributed by atoms with E-state index in [1.165, 1.54) is 12.1 Å². The first-order chi connectivity index (χ1) is 14.5. The first-order valence-corrected chi connectivity index (χ1v) is 9.44. The monoisotopic (exact) mass is 401 g/mol. The maximum atomic E-state index is 13.5. The Hall–Kier alpha value is -3.87. The van der Waals surface area contributed by atoms with Crippen molar-refractivity contribution >= 4 is 11.7 Å². The summed E-state index contributed by atoms with van der Waals surface area (Å²) in [5.41, 5.74) is 3.76. The van der Waals surface area contributed by atoms with E-state index in [0.717, 1.165) is 16.7 Å². The predicted molar refractivity (Wildman–Crippen MR) is 113 cm³/mol. The van der Waals surface area contributed by atoms with Gasteiger partial charge in [-0.1, -0.05) is 6.07 Å². The van der Waals surface area contributed by atoms with Crippen LogP contribution in [-0.2, 0) is 18.3 Å². The number of amides is 1. The average Bonchev–Trinajstić information content (AvgIpc) is 3.12. The number of aromatic nitrogens is 4. The number of nitrogens with zero attached hydrogens (tertiary/aromatic N) is 5. The van der Waals surface area contributed by atoms with Gasteiger partial charge in [-0.25, -0.2) is 4.39 Å². The maximum absolute atomic E-state index is 13.5. The van der Waals surface area contributed by atoms with Crippen LogP contribution in [0.1, 0.15) is 5.69 Å². The maximum Gasteiger partial charge on any atom is 0.233 e.